The van der Waals surface area contributed by atoms with E-state index in [1.807, 2.05) is 82.3 Å². The van der Waals surface area contributed by atoms with E-state index in [-0.39, 0.29) is 11.9 Å². The minimum Gasteiger partial charge on any atom is -0.444 e. The van der Waals surface area contributed by atoms with Crippen molar-refractivity contribution < 1.29 is 14.3 Å². The van der Waals surface area contributed by atoms with Gasteiger partial charge in [0.15, 0.2) is 0 Å². The van der Waals surface area contributed by atoms with Crippen molar-refractivity contribution in [1.29, 1.82) is 0 Å². The van der Waals surface area contributed by atoms with Gasteiger partial charge in [0.05, 0.1) is 11.4 Å². The van der Waals surface area contributed by atoms with Crippen molar-refractivity contribution in [2.75, 3.05) is 5.32 Å². The van der Waals surface area contributed by atoms with Crippen molar-refractivity contribution in [3.05, 3.63) is 95.3 Å². The molecule has 4 rings (SSSR count). The highest BCUT2D eigenvalue weighted by atomic mass is 16.6. The molecule has 34 heavy (non-hydrogen) atoms. The van der Waals surface area contributed by atoms with Crippen LogP contribution in [0.2, 0.25) is 0 Å². The van der Waals surface area contributed by atoms with Crippen LogP contribution in [0.25, 0.3) is 0 Å². The zero-order valence-corrected chi connectivity index (χ0v) is 19.8. The van der Waals surface area contributed by atoms with Gasteiger partial charge in [-0.15, -0.1) is 0 Å². The highest BCUT2D eigenvalue weighted by Gasteiger charge is 2.34. The summed E-state index contributed by atoms with van der Waals surface area (Å²) in [6.07, 6.45) is 1.75. The summed E-state index contributed by atoms with van der Waals surface area (Å²) in [6, 6.07) is 20.2. The summed E-state index contributed by atoms with van der Waals surface area (Å²) < 4.78 is 5.30. The number of aryl methyl sites for hydroxylation is 1. The number of carbonyl (C=O) groups is 2. The summed E-state index contributed by atoms with van der Waals surface area (Å²) in [5.74, 6) is -0.172. The standard InChI is InChI=1S/C27H28N4O3/c1-18-8-10-20(11-9-18)25(32)31-24(22-7-5-6-16-28-22)17-23(30-31)19-12-14-21(15-13-19)29-26(33)34-27(2,3)4/h5-16,24H,17H2,1-4H3,(H,29,33). The van der Waals surface area contributed by atoms with E-state index in [4.69, 9.17) is 9.84 Å². The summed E-state index contributed by atoms with van der Waals surface area (Å²) >= 11 is 0. The predicted molar refractivity (Wildman–Crippen MR) is 132 cm³/mol. The molecule has 1 aliphatic heterocycles. The SMILES string of the molecule is Cc1ccc(C(=O)N2N=C(c3ccc(NC(=O)OC(C)(C)C)cc3)CC2c2ccccn2)cc1. The van der Waals surface area contributed by atoms with Crippen LogP contribution in [0.3, 0.4) is 0 Å². The van der Waals surface area contributed by atoms with Crippen LogP contribution in [0, 0.1) is 6.92 Å². The minimum absolute atomic E-state index is 0.172. The van der Waals surface area contributed by atoms with Gasteiger partial charge in [-0.1, -0.05) is 35.9 Å². The van der Waals surface area contributed by atoms with Gasteiger partial charge < -0.3 is 4.74 Å². The average molecular weight is 457 g/mol. The molecule has 0 spiro atoms. The number of hydrazone groups is 1. The minimum atomic E-state index is -0.573. The number of hydrogen-bond acceptors (Lipinski definition) is 5. The van der Waals surface area contributed by atoms with Crippen LogP contribution in [-0.4, -0.2) is 33.3 Å². The lowest BCUT2D eigenvalue weighted by Crippen LogP contribution is -2.27. The first-order valence-corrected chi connectivity index (χ1v) is 11.2. The molecule has 1 aromatic heterocycles. The lowest BCUT2D eigenvalue weighted by atomic mass is 10.0. The Labute approximate surface area is 199 Å². The first-order valence-electron chi connectivity index (χ1n) is 11.2. The lowest BCUT2D eigenvalue weighted by Gasteiger charge is -2.21. The molecular formula is C27H28N4O3. The third kappa shape index (κ3) is 5.49. The Balaban J connectivity index is 1.57. The Morgan fingerprint density at radius 3 is 2.32 bits per heavy atom. The fourth-order valence-corrected chi connectivity index (χ4v) is 3.67. The molecule has 0 saturated heterocycles. The Morgan fingerprint density at radius 1 is 1.00 bits per heavy atom. The third-order valence-corrected chi connectivity index (χ3v) is 5.31. The first kappa shape index (κ1) is 23.2. The molecule has 2 heterocycles. The molecule has 0 aliphatic carbocycles. The van der Waals surface area contributed by atoms with E-state index in [0.29, 0.717) is 17.7 Å². The molecule has 0 fully saturated rings. The maximum absolute atomic E-state index is 13.3. The van der Waals surface area contributed by atoms with Crippen LogP contribution in [0.5, 0.6) is 0 Å². The zero-order chi connectivity index (χ0) is 24.3. The van der Waals surface area contributed by atoms with E-state index in [1.54, 1.807) is 18.3 Å². The first-order chi connectivity index (χ1) is 16.2. The normalized spacial score (nSPS) is 15.6. The topological polar surface area (TPSA) is 83.9 Å². The highest BCUT2D eigenvalue weighted by molar-refractivity contribution is 6.05. The molecule has 7 heteroatoms. The fourth-order valence-electron chi connectivity index (χ4n) is 3.67. The van der Waals surface area contributed by atoms with Crippen molar-refractivity contribution in [2.45, 2.75) is 45.8 Å². The van der Waals surface area contributed by atoms with Crippen LogP contribution in [-0.2, 0) is 4.74 Å². The van der Waals surface area contributed by atoms with Crippen molar-refractivity contribution >= 4 is 23.4 Å². The summed E-state index contributed by atoms with van der Waals surface area (Å²) in [6.45, 7) is 7.43. The Hall–Kier alpha value is -4.00. The molecule has 1 aliphatic rings. The fraction of sp³-hybridized carbons (Fsp3) is 0.259. The maximum atomic E-state index is 13.3. The van der Waals surface area contributed by atoms with E-state index >= 15 is 0 Å². The molecule has 1 N–H and O–H groups in total. The number of ether oxygens (including phenoxy) is 1. The van der Waals surface area contributed by atoms with Gasteiger partial charge in [-0.05, 0) is 69.7 Å². The van der Waals surface area contributed by atoms with Gasteiger partial charge in [0.25, 0.3) is 5.91 Å². The highest BCUT2D eigenvalue weighted by Crippen LogP contribution is 2.33. The number of rotatable bonds is 4. The quantitative estimate of drug-likeness (QED) is 0.543. The number of nitrogens with one attached hydrogen (secondary N) is 1. The van der Waals surface area contributed by atoms with E-state index in [9.17, 15) is 9.59 Å². The second kappa shape index (κ2) is 9.47. The lowest BCUT2D eigenvalue weighted by molar-refractivity contribution is 0.0635. The van der Waals surface area contributed by atoms with Crippen LogP contribution >= 0.6 is 0 Å². The van der Waals surface area contributed by atoms with Crippen LogP contribution in [0.1, 0.15) is 60.4 Å². The predicted octanol–water partition coefficient (Wildman–Crippen LogP) is 5.73. The second-order valence-electron chi connectivity index (χ2n) is 9.24. The average Bonchev–Trinajstić information content (AvgIpc) is 3.24. The van der Waals surface area contributed by atoms with Crippen molar-refractivity contribution in [1.82, 2.24) is 9.99 Å². The molecule has 0 radical (unpaired) electrons. The van der Waals surface area contributed by atoms with E-state index in [2.05, 4.69) is 10.3 Å². The third-order valence-electron chi connectivity index (χ3n) is 5.31. The number of hydrogen-bond donors (Lipinski definition) is 1. The van der Waals surface area contributed by atoms with Gasteiger partial charge in [-0.3, -0.25) is 15.1 Å². The smallest absolute Gasteiger partial charge is 0.412 e. The van der Waals surface area contributed by atoms with Crippen LogP contribution in [0.15, 0.2) is 78.0 Å². The van der Waals surface area contributed by atoms with E-state index < -0.39 is 11.7 Å². The molecule has 7 nitrogen and oxygen atoms in total. The molecule has 0 saturated carbocycles. The van der Waals surface area contributed by atoms with Crippen LogP contribution < -0.4 is 5.32 Å². The number of nitrogens with zero attached hydrogens (tertiary/aromatic N) is 3. The molecule has 2 aromatic carbocycles. The van der Waals surface area contributed by atoms with Gasteiger partial charge in [-0.2, -0.15) is 5.10 Å². The van der Waals surface area contributed by atoms with Crippen molar-refractivity contribution in [2.24, 2.45) is 5.10 Å². The molecule has 1 unspecified atom stereocenters. The molecule has 1 atom stereocenters. The van der Waals surface area contributed by atoms with Gasteiger partial charge in [0.1, 0.15) is 11.6 Å². The van der Waals surface area contributed by atoms with Gasteiger partial charge >= 0.3 is 6.09 Å². The zero-order valence-electron chi connectivity index (χ0n) is 19.8. The largest absolute Gasteiger partial charge is 0.444 e. The summed E-state index contributed by atoms with van der Waals surface area (Å²) in [5, 5.41) is 8.95. The number of amides is 2. The molecule has 0 bridgehead atoms. The Morgan fingerprint density at radius 2 is 1.71 bits per heavy atom. The monoisotopic (exact) mass is 456 g/mol. The number of anilines is 1. The maximum Gasteiger partial charge on any atom is 0.412 e. The van der Waals surface area contributed by atoms with E-state index in [0.717, 1.165) is 22.5 Å². The number of aromatic nitrogens is 1. The molecule has 174 valence electrons. The van der Waals surface area contributed by atoms with Gasteiger partial charge in [0.2, 0.25) is 0 Å². The number of carbonyl (C=O) groups excluding carboxylic acids is 2. The van der Waals surface area contributed by atoms with Crippen molar-refractivity contribution in [3.8, 4) is 0 Å². The number of benzene rings is 2. The van der Waals surface area contributed by atoms with E-state index in [1.165, 1.54) is 5.01 Å². The summed E-state index contributed by atoms with van der Waals surface area (Å²) in [4.78, 5) is 29.8. The van der Waals surface area contributed by atoms with Crippen LogP contribution in [0.4, 0.5) is 10.5 Å². The molecule has 2 amide bonds. The van der Waals surface area contributed by atoms with Crippen molar-refractivity contribution in [3.63, 3.8) is 0 Å². The second-order valence-corrected chi connectivity index (χ2v) is 9.24. The molecular weight excluding hydrogens is 428 g/mol. The molecule has 3 aromatic rings. The number of pyridine rings is 1. The Kier molecular flexibility index (Phi) is 6.45. The summed E-state index contributed by atoms with van der Waals surface area (Å²) in [7, 11) is 0. The van der Waals surface area contributed by atoms with Gasteiger partial charge in [0, 0.05) is 23.9 Å². The summed E-state index contributed by atoms with van der Waals surface area (Å²) in [5.41, 5.74) is 4.14. The Bertz CT molecular complexity index is 1200. The van der Waals surface area contributed by atoms with Gasteiger partial charge in [-0.25, -0.2) is 9.80 Å².